The van der Waals surface area contributed by atoms with E-state index in [0.717, 1.165) is 4.68 Å². The molecule has 7 nitrogen and oxygen atoms in total. The Morgan fingerprint density at radius 3 is 2.82 bits per heavy atom. The fourth-order valence-electron chi connectivity index (χ4n) is 4.08. The zero-order chi connectivity index (χ0) is 23.2. The molecule has 0 saturated carbocycles. The Labute approximate surface area is 184 Å². The lowest BCUT2D eigenvalue weighted by Gasteiger charge is -2.19. The second-order valence-electron chi connectivity index (χ2n) is 7.86. The van der Waals surface area contributed by atoms with Gasteiger partial charge in [-0.1, -0.05) is 0 Å². The van der Waals surface area contributed by atoms with Gasteiger partial charge in [0.15, 0.2) is 0 Å². The maximum atomic E-state index is 13.8. The van der Waals surface area contributed by atoms with Gasteiger partial charge in [0.25, 0.3) is 5.91 Å². The lowest BCUT2D eigenvalue weighted by molar-refractivity contribution is -0.141. The predicted octanol–water partition coefficient (Wildman–Crippen LogP) is 4.14. The van der Waals surface area contributed by atoms with Crippen LogP contribution < -0.4 is 0 Å². The molecule has 1 aliphatic heterocycles. The van der Waals surface area contributed by atoms with E-state index in [2.05, 4.69) is 15.1 Å². The van der Waals surface area contributed by atoms with Gasteiger partial charge < -0.3 is 14.6 Å². The molecular formula is C22H19F4N5O2. The van der Waals surface area contributed by atoms with E-state index < -0.39 is 18.5 Å². The van der Waals surface area contributed by atoms with Crippen LogP contribution in [0.1, 0.15) is 16.9 Å². The third-order valence-corrected chi connectivity index (χ3v) is 5.59. The number of hydrogen-bond donors (Lipinski definition) is 1. The Morgan fingerprint density at radius 1 is 1.15 bits per heavy atom. The number of aromatic amines is 1. The van der Waals surface area contributed by atoms with Crippen molar-refractivity contribution in [1.82, 2.24) is 24.6 Å². The van der Waals surface area contributed by atoms with Gasteiger partial charge in [-0.05, 0) is 30.7 Å². The Hall–Kier alpha value is -3.47. The molecule has 5 rings (SSSR count). The quantitative estimate of drug-likeness (QED) is 0.466. The van der Waals surface area contributed by atoms with Gasteiger partial charge in [0.2, 0.25) is 0 Å². The number of amides is 1. The lowest BCUT2D eigenvalue weighted by Crippen LogP contribution is -2.33. The summed E-state index contributed by atoms with van der Waals surface area (Å²) in [6.45, 7) is 0.457. The van der Waals surface area contributed by atoms with Crippen LogP contribution in [0.3, 0.4) is 0 Å². The van der Waals surface area contributed by atoms with Crippen LogP contribution in [-0.2, 0) is 11.3 Å². The summed E-state index contributed by atoms with van der Waals surface area (Å²) in [5.41, 5.74) is 1.44. The van der Waals surface area contributed by atoms with Gasteiger partial charge in [-0.3, -0.25) is 14.5 Å². The molecule has 0 spiro atoms. The summed E-state index contributed by atoms with van der Waals surface area (Å²) in [6.07, 6.45) is -0.941. The van der Waals surface area contributed by atoms with Crippen molar-refractivity contribution in [2.75, 3.05) is 26.3 Å². The van der Waals surface area contributed by atoms with E-state index in [-0.39, 0.29) is 22.8 Å². The SMILES string of the molecule is O=C(c1cc2c(cn1)c(-c1c[nH]c3ccc(F)cc13)nn2CC(F)(F)F)N1CCCOCC1. The molecule has 1 amide bonds. The molecule has 0 atom stereocenters. The zero-order valence-electron chi connectivity index (χ0n) is 17.3. The molecular weight excluding hydrogens is 442 g/mol. The number of fused-ring (bicyclic) bond motifs is 2. The van der Waals surface area contributed by atoms with Crippen molar-refractivity contribution in [3.63, 3.8) is 0 Å². The first-order chi connectivity index (χ1) is 15.8. The minimum Gasteiger partial charge on any atom is -0.380 e. The maximum absolute atomic E-state index is 13.8. The zero-order valence-corrected chi connectivity index (χ0v) is 17.3. The highest BCUT2D eigenvalue weighted by Gasteiger charge is 2.31. The summed E-state index contributed by atoms with van der Waals surface area (Å²) in [4.78, 5) is 21.8. The van der Waals surface area contributed by atoms with E-state index in [9.17, 15) is 22.4 Å². The molecule has 1 N–H and O–H groups in total. The molecule has 172 valence electrons. The molecule has 4 heterocycles. The van der Waals surface area contributed by atoms with Crippen molar-refractivity contribution in [3.05, 3.63) is 48.2 Å². The third kappa shape index (κ3) is 4.15. The highest BCUT2D eigenvalue weighted by molar-refractivity contribution is 6.04. The van der Waals surface area contributed by atoms with Crippen LogP contribution >= 0.6 is 0 Å². The van der Waals surface area contributed by atoms with Crippen molar-refractivity contribution < 1.29 is 27.1 Å². The summed E-state index contributed by atoms with van der Waals surface area (Å²) in [5, 5.41) is 5.01. The number of ether oxygens (including phenoxy) is 1. The van der Waals surface area contributed by atoms with Crippen molar-refractivity contribution in [1.29, 1.82) is 0 Å². The van der Waals surface area contributed by atoms with Crippen LogP contribution in [0.5, 0.6) is 0 Å². The minimum atomic E-state index is -4.53. The summed E-state index contributed by atoms with van der Waals surface area (Å²) in [5.74, 6) is -0.854. The number of H-pyrrole nitrogens is 1. The fourth-order valence-corrected chi connectivity index (χ4v) is 4.08. The predicted molar refractivity (Wildman–Crippen MR) is 112 cm³/mol. The number of nitrogens with one attached hydrogen (secondary N) is 1. The molecule has 3 aromatic heterocycles. The van der Waals surface area contributed by atoms with Crippen LogP contribution in [0.2, 0.25) is 0 Å². The van der Waals surface area contributed by atoms with E-state index in [1.807, 2.05) is 0 Å². The average molecular weight is 461 g/mol. The second-order valence-corrected chi connectivity index (χ2v) is 7.86. The minimum absolute atomic E-state index is 0.0317. The lowest BCUT2D eigenvalue weighted by atomic mass is 10.1. The fraction of sp³-hybridized carbons (Fsp3) is 0.318. The van der Waals surface area contributed by atoms with Gasteiger partial charge >= 0.3 is 6.18 Å². The largest absolute Gasteiger partial charge is 0.408 e. The van der Waals surface area contributed by atoms with E-state index in [0.29, 0.717) is 54.6 Å². The number of benzene rings is 1. The molecule has 33 heavy (non-hydrogen) atoms. The molecule has 0 unspecified atom stereocenters. The number of rotatable bonds is 3. The van der Waals surface area contributed by atoms with Gasteiger partial charge in [0.1, 0.15) is 23.7 Å². The van der Waals surface area contributed by atoms with Gasteiger partial charge in [0.05, 0.1) is 12.1 Å². The van der Waals surface area contributed by atoms with Gasteiger partial charge in [-0.15, -0.1) is 0 Å². The first kappa shape index (κ1) is 21.4. The number of carbonyl (C=O) groups is 1. The van der Waals surface area contributed by atoms with Crippen LogP contribution in [-0.4, -0.2) is 63.0 Å². The van der Waals surface area contributed by atoms with Crippen LogP contribution in [0.25, 0.3) is 33.1 Å². The molecule has 11 heteroatoms. The summed E-state index contributed by atoms with van der Waals surface area (Å²) in [7, 11) is 0. The number of aromatic nitrogens is 4. The maximum Gasteiger partial charge on any atom is 0.408 e. The molecule has 1 saturated heterocycles. The van der Waals surface area contributed by atoms with Crippen LogP contribution in [0, 0.1) is 5.82 Å². The number of carbonyl (C=O) groups excluding carboxylic acids is 1. The van der Waals surface area contributed by atoms with E-state index >= 15 is 0 Å². The average Bonchev–Trinajstić information content (AvgIpc) is 3.20. The van der Waals surface area contributed by atoms with Crippen LogP contribution in [0.4, 0.5) is 17.6 Å². The monoisotopic (exact) mass is 461 g/mol. The van der Waals surface area contributed by atoms with Gasteiger partial charge in [0, 0.05) is 53.9 Å². The Balaban J connectivity index is 1.63. The van der Waals surface area contributed by atoms with E-state index in [1.54, 1.807) is 17.2 Å². The molecule has 0 bridgehead atoms. The van der Waals surface area contributed by atoms with Crippen LogP contribution in [0.15, 0.2) is 36.7 Å². The number of nitrogens with zero attached hydrogens (tertiary/aromatic N) is 4. The molecule has 0 aliphatic carbocycles. The van der Waals surface area contributed by atoms with Crippen molar-refractivity contribution >= 4 is 27.7 Å². The standard InChI is InChI=1S/C22H19F4N5O2/c23-13-2-3-17-14(8-13)15(10-27-17)20-16-11-28-18(21(32)30-4-1-6-33-7-5-30)9-19(16)31(29-20)12-22(24,25)26/h2-3,8-11,27H,1,4-7,12H2. The van der Waals surface area contributed by atoms with E-state index in [4.69, 9.17) is 4.74 Å². The number of pyridine rings is 1. The topological polar surface area (TPSA) is 76.0 Å². The van der Waals surface area contributed by atoms with Crippen molar-refractivity contribution in [2.24, 2.45) is 0 Å². The summed E-state index contributed by atoms with van der Waals surface area (Å²) in [6, 6.07) is 5.46. The first-order valence-electron chi connectivity index (χ1n) is 10.4. The number of hydrogen-bond acceptors (Lipinski definition) is 4. The molecule has 1 aromatic carbocycles. The van der Waals surface area contributed by atoms with Crippen molar-refractivity contribution in [2.45, 2.75) is 19.1 Å². The summed E-state index contributed by atoms with van der Waals surface area (Å²) < 4.78 is 59.9. The number of halogens is 4. The highest BCUT2D eigenvalue weighted by atomic mass is 19.4. The van der Waals surface area contributed by atoms with E-state index in [1.165, 1.54) is 24.4 Å². The summed E-state index contributed by atoms with van der Waals surface area (Å²) >= 11 is 0. The molecule has 1 aliphatic rings. The third-order valence-electron chi connectivity index (χ3n) is 5.59. The Morgan fingerprint density at radius 2 is 2.00 bits per heavy atom. The van der Waals surface area contributed by atoms with Gasteiger partial charge in [-0.2, -0.15) is 18.3 Å². The Bertz CT molecular complexity index is 1340. The van der Waals surface area contributed by atoms with Gasteiger partial charge in [-0.25, -0.2) is 4.39 Å². The molecule has 1 fully saturated rings. The molecule has 0 radical (unpaired) electrons. The normalized spacial score (nSPS) is 15.3. The van der Waals surface area contributed by atoms with Crippen molar-refractivity contribution in [3.8, 4) is 11.3 Å². The smallest absolute Gasteiger partial charge is 0.380 e. The first-order valence-corrected chi connectivity index (χ1v) is 10.4. The molecule has 4 aromatic rings. The highest BCUT2D eigenvalue weighted by Crippen LogP contribution is 2.34. The second kappa shape index (κ2) is 8.14. The Kier molecular flexibility index (Phi) is 5.28. The number of alkyl halides is 3.